The summed E-state index contributed by atoms with van der Waals surface area (Å²) in [5, 5.41) is 9.44. The molecule has 0 aromatic carbocycles. The fraction of sp³-hybridized carbons (Fsp3) is 0.600. The molecule has 1 aliphatic rings. The van der Waals surface area contributed by atoms with Gasteiger partial charge in [0, 0.05) is 19.7 Å². The molecular formula is C10H14ClN3O. The standard InChI is InChI=1S/C10H14ClN3O/c11-10-4-12-9(3-13-10)6-14-2-1-8(5-14)7-15/h3-4,8,15H,1-2,5-7H2. The monoisotopic (exact) mass is 227 g/mol. The van der Waals surface area contributed by atoms with Crippen molar-refractivity contribution in [1.82, 2.24) is 14.9 Å². The smallest absolute Gasteiger partial charge is 0.147 e. The average Bonchev–Trinajstić information content (AvgIpc) is 2.69. The SMILES string of the molecule is OCC1CCN(Cc2cnc(Cl)cn2)C1. The Labute approximate surface area is 93.9 Å². The summed E-state index contributed by atoms with van der Waals surface area (Å²) in [6.07, 6.45) is 4.34. The van der Waals surface area contributed by atoms with E-state index >= 15 is 0 Å². The first-order valence-electron chi connectivity index (χ1n) is 5.07. The van der Waals surface area contributed by atoms with Gasteiger partial charge in [-0.15, -0.1) is 0 Å². The van der Waals surface area contributed by atoms with Crippen LogP contribution in [0.4, 0.5) is 0 Å². The highest BCUT2D eigenvalue weighted by Crippen LogP contribution is 2.17. The molecule has 4 nitrogen and oxygen atoms in total. The number of aromatic nitrogens is 2. The highest BCUT2D eigenvalue weighted by atomic mass is 35.5. The van der Waals surface area contributed by atoms with E-state index in [4.69, 9.17) is 16.7 Å². The number of hydrogen-bond acceptors (Lipinski definition) is 4. The number of rotatable bonds is 3. The van der Waals surface area contributed by atoms with Crippen LogP contribution in [0.5, 0.6) is 0 Å². The fourth-order valence-corrected chi connectivity index (χ4v) is 1.95. The first kappa shape index (κ1) is 10.8. The Hall–Kier alpha value is -0.710. The van der Waals surface area contributed by atoms with E-state index in [2.05, 4.69) is 14.9 Å². The lowest BCUT2D eigenvalue weighted by molar-refractivity contribution is 0.219. The Kier molecular flexibility index (Phi) is 3.51. The van der Waals surface area contributed by atoms with E-state index in [1.165, 1.54) is 0 Å². The summed E-state index contributed by atoms with van der Waals surface area (Å²) in [6, 6.07) is 0. The van der Waals surface area contributed by atoms with Gasteiger partial charge in [-0.25, -0.2) is 4.98 Å². The molecule has 1 N–H and O–H groups in total. The van der Waals surface area contributed by atoms with Gasteiger partial charge in [0.15, 0.2) is 0 Å². The zero-order valence-corrected chi connectivity index (χ0v) is 9.19. The molecule has 0 amide bonds. The van der Waals surface area contributed by atoms with Crippen molar-refractivity contribution in [3.05, 3.63) is 23.2 Å². The molecule has 1 unspecified atom stereocenters. The maximum absolute atomic E-state index is 9.01. The number of aliphatic hydroxyl groups excluding tert-OH is 1. The third-order valence-corrected chi connectivity index (χ3v) is 2.88. The highest BCUT2D eigenvalue weighted by molar-refractivity contribution is 6.29. The van der Waals surface area contributed by atoms with Gasteiger partial charge in [-0.2, -0.15) is 0 Å². The molecule has 5 heteroatoms. The van der Waals surface area contributed by atoms with Crippen molar-refractivity contribution in [2.45, 2.75) is 13.0 Å². The molecule has 0 aliphatic carbocycles. The molecule has 0 saturated carbocycles. The van der Waals surface area contributed by atoms with Crippen molar-refractivity contribution in [1.29, 1.82) is 0 Å². The number of hydrogen-bond donors (Lipinski definition) is 1. The number of likely N-dealkylation sites (tertiary alicyclic amines) is 1. The lowest BCUT2D eigenvalue weighted by Gasteiger charge is -2.14. The zero-order valence-electron chi connectivity index (χ0n) is 8.43. The van der Waals surface area contributed by atoms with E-state index in [1.54, 1.807) is 12.4 Å². The fourth-order valence-electron chi connectivity index (χ4n) is 1.86. The van der Waals surface area contributed by atoms with Crippen LogP contribution >= 0.6 is 11.6 Å². The van der Waals surface area contributed by atoms with Gasteiger partial charge in [-0.05, 0) is 18.9 Å². The summed E-state index contributed by atoms with van der Waals surface area (Å²) >= 11 is 5.65. The summed E-state index contributed by atoms with van der Waals surface area (Å²) in [5.74, 6) is 0.422. The summed E-state index contributed by atoms with van der Waals surface area (Å²) < 4.78 is 0. The van der Waals surface area contributed by atoms with Gasteiger partial charge in [-0.1, -0.05) is 11.6 Å². The number of halogens is 1. The molecule has 1 fully saturated rings. The maximum atomic E-state index is 9.01. The Morgan fingerprint density at radius 1 is 1.47 bits per heavy atom. The van der Waals surface area contributed by atoms with Crippen LogP contribution in [0.1, 0.15) is 12.1 Å². The molecule has 1 aliphatic heterocycles. The highest BCUT2D eigenvalue weighted by Gasteiger charge is 2.21. The summed E-state index contributed by atoms with van der Waals surface area (Å²) in [7, 11) is 0. The molecule has 2 rings (SSSR count). The van der Waals surface area contributed by atoms with Crippen LogP contribution in [0, 0.1) is 5.92 Å². The summed E-state index contributed by atoms with van der Waals surface area (Å²) in [5.41, 5.74) is 0.929. The molecule has 1 aromatic heterocycles. The Morgan fingerprint density at radius 3 is 2.93 bits per heavy atom. The van der Waals surface area contributed by atoms with E-state index in [-0.39, 0.29) is 6.61 Å². The Bertz CT molecular complexity index is 317. The predicted molar refractivity (Wildman–Crippen MR) is 57.5 cm³/mol. The van der Waals surface area contributed by atoms with Gasteiger partial charge < -0.3 is 5.11 Å². The molecule has 0 spiro atoms. The van der Waals surface area contributed by atoms with E-state index in [0.717, 1.165) is 31.7 Å². The van der Waals surface area contributed by atoms with Crippen LogP contribution in [0.15, 0.2) is 12.4 Å². The molecule has 1 aromatic rings. The first-order valence-corrected chi connectivity index (χ1v) is 5.45. The molecule has 0 bridgehead atoms. The Balaban J connectivity index is 1.90. The lowest BCUT2D eigenvalue weighted by atomic mass is 10.1. The minimum absolute atomic E-state index is 0.281. The average molecular weight is 228 g/mol. The van der Waals surface area contributed by atoms with E-state index in [1.807, 2.05) is 0 Å². The van der Waals surface area contributed by atoms with Crippen molar-refractivity contribution < 1.29 is 5.11 Å². The zero-order chi connectivity index (χ0) is 10.7. The molecular weight excluding hydrogens is 214 g/mol. The normalized spacial score (nSPS) is 22.1. The van der Waals surface area contributed by atoms with Gasteiger partial charge in [0.05, 0.1) is 18.1 Å². The first-order chi connectivity index (χ1) is 7.28. The second-order valence-electron chi connectivity index (χ2n) is 3.90. The lowest BCUT2D eigenvalue weighted by Crippen LogP contribution is -2.21. The molecule has 15 heavy (non-hydrogen) atoms. The van der Waals surface area contributed by atoms with E-state index in [0.29, 0.717) is 11.1 Å². The minimum atomic E-state index is 0.281. The van der Waals surface area contributed by atoms with Gasteiger partial charge in [0.25, 0.3) is 0 Å². The summed E-state index contributed by atoms with van der Waals surface area (Å²) in [4.78, 5) is 10.5. The number of nitrogens with zero attached hydrogens (tertiary/aromatic N) is 3. The van der Waals surface area contributed by atoms with Gasteiger partial charge in [0.2, 0.25) is 0 Å². The second kappa shape index (κ2) is 4.88. The third-order valence-electron chi connectivity index (χ3n) is 2.69. The number of aliphatic hydroxyl groups is 1. The quantitative estimate of drug-likeness (QED) is 0.835. The van der Waals surface area contributed by atoms with Gasteiger partial charge in [0.1, 0.15) is 5.15 Å². The van der Waals surface area contributed by atoms with Crippen molar-refractivity contribution in [2.75, 3.05) is 19.7 Å². The van der Waals surface area contributed by atoms with Crippen molar-refractivity contribution in [3.63, 3.8) is 0 Å². The van der Waals surface area contributed by atoms with Gasteiger partial charge in [-0.3, -0.25) is 9.88 Å². The molecule has 1 atom stereocenters. The minimum Gasteiger partial charge on any atom is -0.396 e. The van der Waals surface area contributed by atoms with E-state index < -0.39 is 0 Å². The second-order valence-corrected chi connectivity index (χ2v) is 4.29. The van der Waals surface area contributed by atoms with E-state index in [9.17, 15) is 0 Å². The molecule has 2 heterocycles. The van der Waals surface area contributed by atoms with Crippen molar-refractivity contribution >= 4 is 11.6 Å². The van der Waals surface area contributed by atoms with Crippen molar-refractivity contribution in [3.8, 4) is 0 Å². The third kappa shape index (κ3) is 2.87. The van der Waals surface area contributed by atoms with Crippen LogP contribution < -0.4 is 0 Å². The van der Waals surface area contributed by atoms with Crippen LogP contribution in [-0.4, -0.2) is 39.7 Å². The van der Waals surface area contributed by atoms with Gasteiger partial charge >= 0.3 is 0 Å². The largest absolute Gasteiger partial charge is 0.396 e. The Morgan fingerprint density at radius 2 is 2.33 bits per heavy atom. The van der Waals surface area contributed by atoms with Crippen LogP contribution in [-0.2, 0) is 6.54 Å². The molecule has 82 valence electrons. The molecule has 0 radical (unpaired) electrons. The molecule has 1 saturated heterocycles. The van der Waals surface area contributed by atoms with Crippen molar-refractivity contribution in [2.24, 2.45) is 5.92 Å². The summed E-state index contributed by atoms with van der Waals surface area (Å²) in [6.45, 7) is 3.04. The van der Waals surface area contributed by atoms with Crippen LogP contribution in [0.25, 0.3) is 0 Å². The predicted octanol–water partition coefficient (Wildman–Crippen LogP) is 0.944. The topological polar surface area (TPSA) is 49.2 Å². The van der Waals surface area contributed by atoms with Crippen LogP contribution in [0.2, 0.25) is 5.15 Å². The van der Waals surface area contributed by atoms with Crippen LogP contribution in [0.3, 0.4) is 0 Å². The maximum Gasteiger partial charge on any atom is 0.147 e.